The maximum Gasteiger partial charge on any atom is 0.147 e. The second kappa shape index (κ2) is 3.79. The van der Waals surface area contributed by atoms with E-state index in [0.29, 0.717) is 0 Å². The van der Waals surface area contributed by atoms with Gasteiger partial charge in [0.1, 0.15) is 18.3 Å². The SMILES string of the molecule is FCc1c(Br)cc(F)c(Br)c1F. The molecule has 0 bridgehead atoms. The minimum atomic E-state index is -0.967. The molecule has 0 aliphatic heterocycles. The lowest BCUT2D eigenvalue weighted by molar-refractivity contribution is 0.456. The fourth-order valence-electron chi connectivity index (χ4n) is 0.726. The van der Waals surface area contributed by atoms with Crippen molar-refractivity contribution in [2.24, 2.45) is 0 Å². The summed E-state index contributed by atoms with van der Waals surface area (Å²) in [7, 11) is 0. The van der Waals surface area contributed by atoms with Crippen molar-refractivity contribution in [2.75, 3.05) is 0 Å². The molecular formula is C7H3Br2F3. The van der Waals surface area contributed by atoms with Gasteiger partial charge in [0.25, 0.3) is 0 Å². The van der Waals surface area contributed by atoms with Crippen LogP contribution in [0, 0.1) is 11.6 Å². The molecule has 0 heterocycles. The van der Waals surface area contributed by atoms with Crippen molar-refractivity contribution in [1.29, 1.82) is 0 Å². The molecular weight excluding hydrogens is 301 g/mol. The van der Waals surface area contributed by atoms with Crippen LogP contribution < -0.4 is 0 Å². The molecule has 5 heteroatoms. The van der Waals surface area contributed by atoms with Crippen LogP contribution >= 0.6 is 31.9 Å². The summed E-state index contributed by atoms with van der Waals surface area (Å²) in [6.45, 7) is -0.967. The van der Waals surface area contributed by atoms with Gasteiger partial charge in [-0.1, -0.05) is 15.9 Å². The summed E-state index contributed by atoms with van der Waals surface area (Å²) in [5, 5.41) is 0. The molecule has 0 fully saturated rings. The zero-order valence-electron chi connectivity index (χ0n) is 5.67. The highest BCUT2D eigenvalue weighted by Gasteiger charge is 2.14. The van der Waals surface area contributed by atoms with E-state index in [9.17, 15) is 13.2 Å². The van der Waals surface area contributed by atoms with Gasteiger partial charge in [0, 0.05) is 10.0 Å². The molecule has 0 aliphatic carbocycles. The highest BCUT2D eigenvalue weighted by atomic mass is 79.9. The predicted molar refractivity (Wildman–Crippen MR) is 46.6 cm³/mol. The Kier molecular flexibility index (Phi) is 3.17. The van der Waals surface area contributed by atoms with E-state index in [0.717, 1.165) is 6.07 Å². The van der Waals surface area contributed by atoms with Crippen molar-refractivity contribution in [1.82, 2.24) is 0 Å². The maximum absolute atomic E-state index is 13.0. The Balaban J connectivity index is 3.40. The van der Waals surface area contributed by atoms with Gasteiger partial charge >= 0.3 is 0 Å². The molecule has 0 saturated heterocycles. The number of alkyl halides is 1. The molecule has 0 nitrogen and oxygen atoms in total. The summed E-state index contributed by atoms with van der Waals surface area (Å²) in [5.41, 5.74) is -0.178. The van der Waals surface area contributed by atoms with Gasteiger partial charge in [0.2, 0.25) is 0 Å². The average molecular weight is 304 g/mol. The third-order valence-corrected chi connectivity index (χ3v) is 2.78. The van der Waals surface area contributed by atoms with Gasteiger partial charge in [-0.3, -0.25) is 0 Å². The molecule has 0 spiro atoms. The fourth-order valence-corrected chi connectivity index (χ4v) is 1.56. The monoisotopic (exact) mass is 302 g/mol. The van der Waals surface area contributed by atoms with Crippen LogP contribution in [0.4, 0.5) is 13.2 Å². The van der Waals surface area contributed by atoms with Crippen LogP contribution in [0.2, 0.25) is 0 Å². The van der Waals surface area contributed by atoms with Crippen LogP contribution in [0.5, 0.6) is 0 Å². The van der Waals surface area contributed by atoms with Crippen molar-refractivity contribution in [3.63, 3.8) is 0 Å². The Morgan fingerprint density at radius 2 is 1.83 bits per heavy atom. The lowest BCUT2D eigenvalue weighted by Gasteiger charge is -2.04. The molecule has 1 aromatic rings. The smallest absolute Gasteiger partial charge is 0.147 e. The van der Waals surface area contributed by atoms with E-state index in [4.69, 9.17) is 0 Å². The lowest BCUT2D eigenvalue weighted by Crippen LogP contribution is -1.93. The van der Waals surface area contributed by atoms with Crippen molar-refractivity contribution in [2.45, 2.75) is 6.67 Å². The van der Waals surface area contributed by atoms with Crippen LogP contribution in [0.15, 0.2) is 15.0 Å². The second-order valence-electron chi connectivity index (χ2n) is 2.08. The Bertz CT molecular complexity index is 312. The molecule has 0 radical (unpaired) electrons. The highest BCUT2D eigenvalue weighted by Crippen LogP contribution is 2.29. The molecule has 0 atom stereocenters. The van der Waals surface area contributed by atoms with Gasteiger partial charge in [-0.25, -0.2) is 13.2 Å². The van der Waals surface area contributed by atoms with Crippen molar-refractivity contribution in [3.05, 3.63) is 32.2 Å². The molecule has 1 aromatic carbocycles. The quantitative estimate of drug-likeness (QED) is 0.544. The van der Waals surface area contributed by atoms with Gasteiger partial charge in [-0.05, 0) is 22.0 Å². The minimum Gasteiger partial charge on any atom is -0.246 e. The normalized spacial score (nSPS) is 10.4. The molecule has 1 rings (SSSR count). The van der Waals surface area contributed by atoms with Crippen LogP contribution in [-0.4, -0.2) is 0 Å². The Morgan fingerprint density at radius 3 is 2.33 bits per heavy atom. The Hall–Kier alpha value is -0.0300. The first-order valence-electron chi connectivity index (χ1n) is 2.95. The largest absolute Gasteiger partial charge is 0.246 e. The first-order valence-corrected chi connectivity index (χ1v) is 4.54. The summed E-state index contributed by atoms with van der Waals surface area (Å²) in [6, 6.07) is 1.02. The highest BCUT2D eigenvalue weighted by molar-refractivity contribution is 9.11. The number of hydrogen-bond donors (Lipinski definition) is 0. The zero-order valence-corrected chi connectivity index (χ0v) is 8.85. The molecule has 0 saturated carbocycles. The van der Waals surface area contributed by atoms with E-state index in [1.54, 1.807) is 0 Å². The zero-order chi connectivity index (χ0) is 9.30. The Labute approximate surface area is 84.0 Å². The van der Waals surface area contributed by atoms with Crippen LogP contribution in [0.25, 0.3) is 0 Å². The van der Waals surface area contributed by atoms with Crippen LogP contribution in [0.1, 0.15) is 5.56 Å². The van der Waals surface area contributed by atoms with Crippen LogP contribution in [-0.2, 0) is 6.67 Å². The van der Waals surface area contributed by atoms with Gasteiger partial charge in [0.05, 0.1) is 4.47 Å². The summed E-state index contributed by atoms with van der Waals surface area (Å²) < 4.78 is 37.6. The standard InChI is InChI=1S/C7H3Br2F3/c8-4-1-5(11)6(9)7(12)3(4)2-10/h1H,2H2. The summed E-state index contributed by atoms with van der Waals surface area (Å²) in [4.78, 5) is 0. The van der Waals surface area contributed by atoms with E-state index in [1.165, 1.54) is 0 Å². The van der Waals surface area contributed by atoms with Crippen molar-refractivity contribution < 1.29 is 13.2 Å². The number of rotatable bonds is 1. The first kappa shape index (κ1) is 10.1. The third kappa shape index (κ3) is 1.66. The Morgan fingerprint density at radius 1 is 1.25 bits per heavy atom. The number of hydrogen-bond acceptors (Lipinski definition) is 0. The average Bonchev–Trinajstić information content (AvgIpc) is 2.01. The lowest BCUT2D eigenvalue weighted by atomic mass is 10.2. The molecule has 0 aliphatic rings. The number of benzene rings is 1. The van der Waals surface area contributed by atoms with Gasteiger partial charge < -0.3 is 0 Å². The van der Waals surface area contributed by atoms with Gasteiger partial charge in [-0.2, -0.15) is 0 Å². The van der Waals surface area contributed by atoms with Crippen molar-refractivity contribution >= 4 is 31.9 Å². The van der Waals surface area contributed by atoms with E-state index in [1.807, 2.05) is 0 Å². The molecule has 0 amide bonds. The molecule has 12 heavy (non-hydrogen) atoms. The summed E-state index contributed by atoms with van der Waals surface area (Å²) in [5.74, 6) is -1.65. The molecule has 0 aromatic heterocycles. The topological polar surface area (TPSA) is 0 Å². The molecule has 66 valence electrons. The molecule has 0 N–H and O–H groups in total. The van der Waals surface area contributed by atoms with Gasteiger partial charge in [-0.15, -0.1) is 0 Å². The maximum atomic E-state index is 13.0. The van der Waals surface area contributed by atoms with Crippen LogP contribution in [0.3, 0.4) is 0 Å². The minimum absolute atomic E-state index is 0.100. The van der Waals surface area contributed by atoms with E-state index in [2.05, 4.69) is 31.9 Å². The van der Waals surface area contributed by atoms with Crippen molar-refractivity contribution in [3.8, 4) is 0 Å². The predicted octanol–water partition coefficient (Wildman–Crippen LogP) is 3.96. The summed E-state index contributed by atoms with van der Waals surface area (Å²) in [6.07, 6.45) is 0. The number of halogens is 5. The third-order valence-electron chi connectivity index (χ3n) is 1.34. The summed E-state index contributed by atoms with van der Waals surface area (Å²) >= 11 is 5.52. The molecule has 0 unspecified atom stereocenters. The second-order valence-corrected chi connectivity index (χ2v) is 3.73. The van der Waals surface area contributed by atoms with E-state index in [-0.39, 0.29) is 14.5 Å². The van der Waals surface area contributed by atoms with E-state index >= 15 is 0 Å². The van der Waals surface area contributed by atoms with Gasteiger partial charge in [0.15, 0.2) is 0 Å². The first-order chi connectivity index (χ1) is 5.57. The fraction of sp³-hybridized carbons (Fsp3) is 0.143. The van der Waals surface area contributed by atoms with E-state index < -0.39 is 18.3 Å².